The first-order valence-electron chi connectivity index (χ1n) is 4.15. The topological polar surface area (TPSA) is 50.8 Å². The van der Waals surface area contributed by atoms with Crippen LogP contribution in [-0.2, 0) is 11.4 Å². The molecule has 1 aliphatic heterocycles. The zero-order valence-electron chi connectivity index (χ0n) is 7.70. The summed E-state index contributed by atoms with van der Waals surface area (Å²) in [5.41, 5.74) is 1.96. The predicted molar refractivity (Wildman–Crippen MR) is 54.7 cm³/mol. The first kappa shape index (κ1) is 9.30. The summed E-state index contributed by atoms with van der Waals surface area (Å²) in [6, 6.07) is 5.56. The van der Waals surface area contributed by atoms with Crippen molar-refractivity contribution in [1.82, 2.24) is 5.01 Å². The molecule has 0 atom stereocenters. The molecule has 1 aliphatic rings. The number of hydrogen-bond donors (Lipinski definition) is 1. The number of nitrogens with two attached hydrogens (primary N) is 1. The van der Waals surface area contributed by atoms with E-state index in [1.165, 1.54) is 5.01 Å². The number of hydrogen-bond acceptors (Lipinski definition) is 4. The molecule has 74 valence electrons. The van der Waals surface area contributed by atoms with Crippen molar-refractivity contribution in [2.24, 2.45) is 11.0 Å². The van der Waals surface area contributed by atoms with E-state index < -0.39 is 0 Å². The quantitative estimate of drug-likeness (QED) is 0.521. The van der Waals surface area contributed by atoms with Gasteiger partial charge in [0.1, 0.15) is 6.61 Å². The van der Waals surface area contributed by atoms with Gasteiger partial charge in [0.05, 0.1) is 0 Å². The Morgan fingerprint density at radius 1 is 1.57 bits per heavy atom. The maximum atomic E-state index is 5.86. The number of rotatable bonds is 0. The molecule has 1 aromatic rings. The summed E-state index contributed by atoms with van der Waals surface area (Å²) < 4.78 is 0. The molecule has 0 saturated heterocycles. The number of oxime groups is 1. The van der Waals surface area contributed by atoms with E-state index in [4.69, 9.17) is 22.3 Å². The van der Waals surface area contributed by atoms with Crippen LogP contribution < -0.4 is 5.84 Å². The molecule has 0 unspecified atom stereocenters. The maximum absolute atomic E-state index is 5.86. The molecular weight excluding hydrogens is 202 g/mol. The fourth-order valence-electron chi connectivity index (χ4n) is 1.37. The summed E-state index contributed by atoms with van der Waals surface area (Å²) >= 11 is 5.86. The summed E-state index contributed by atoms with van der Waals surface area (Å²) in [4.78, 5) is 5.03. The minimum absolute atomic E-state index is 0.438. The monoisotopic (exact) mass is 211 g/mol. The highest BCUT2D eigenvalue weighted by molar-refractivity contribution is 6.30. The van der Waals surface area contributed by atoms with Crippen molar-refractivity contribution < 1.29 is 4.84 Å². The highest BCUT2D eigenvalue weighted by atomic mass is 35.5. The van der Waals surface area contributed by atoms with E-state index in [1.807, 2.05) is 18.2 Å². The third kappa shape index (κ3) is 1.54. The molecular formula is C9H10ClN3O. The molecule has 5 heteroatoms. The molecule has 0 fully saturated rings. The lowest BCUT2D eigenvalue weighted by atomic mass is 10.1. The van der Waals surface area contributed by atoms with E-state index in [0.717, 1.165) is 11.1 Å². The Morgan fingerprint density at radius 3 is 3.07 bits per heavy atom. The third-order valence-electron chi connectivity index (χ3n) is 2.01. The highest BCUT2D eigenvalue weighted by Crippen LogP contribution is 2.21. The molecule has 0 aromatic heterocycles. The van der Waals surface area contributed by atoms with Crippen molar-refractivity contribution in [3.63, 3.8) is 0 Å². The molecule has 0 radical (unpaired) electrons. The fourth-order valence-corrected chi connectivity index (χ4v) is 1.56. The van der Waals surface area contributed by atoms with Crippen molar-refractivity contribution in [3.05, 3.63) is 34.3 Å². The second-order valence-electron chi connectivity index (χ2n) is 3.10. The summed E-state index contributed by atoms with van der Waals surface area (Å²) in [6.07, 6.45) is 0. The summed E-state index contributed by atoms with van der Waals surface area (Å²) in [5, 5.41) is 5.99. The summed E-state index contributed by atoms with van der Waals surface area (Å²) in [7, 11) is 1.71. The van der Waals surface area contributed by atoms with Gasteiger partial charge in [-0.25, -0.2) is 5.84 Å². The van der Waals surface area contributed by atoms with Crippen LogP contribution in [0, 0.1) is 0 Å². The van der Waals surface area contributed by atoms with Crippen LogP contribution in [0.4, 0.5) is 0 Å². The maximum Gasteiger partial charge on any atom is 0.189 e. The third-order valence-corrected chi connectivity index (χ3v) is 2.25. The Kier molecular flexibility index (Phi) is 2.31. The number of benzene rings is 1. The second kappa shape index (κ2) is 3.48. The fraction of sp³-hybridized carbons (Fsp3) is 0.222. The Balaban J connectivity index is 2.49. The van der Waals surface area contributed by atoms with Crippen molar-refractivity contribution in [2.75, 3.05) is 7.05 Å². The van der Waals surface area contributed by atoms with E-state index in [-0.39, 0.29) is 0 Å². The average Bonchev–Trinajstić information content (AvgIpc) is 2.16. The standard InChI is InChI=1S/C9H10ClN3O/c1-13(11)9-8-3-2-7(10)4-6(8)5-14-12-9/h2-4H,5,11H2,1H3. The van der Waals surface area contributed by atoms with Crippen LogP contribution in [0.3, 0.4) is 0 Å². The molecule has 0 spiro atoms. The van der Waals surface area contributed by atoms with Crippen molar-refractivity contribution in [2.45, 2.75) is 6.61 Å². The molecule has 0 bridgehead atoms. The van der Waals surface area contributed by atoms with E-state index in [0.29, 0.717) is 17.5 Å². The van der Waals surface area contributed by atoms with Gasteiger partial charge in [0.25, 0.3) is 0 Å². The molecule has 14 heavy (non-hydrogen) atoms. The molecule has 2 rings (SSSR count). The number of amidine groups is 1. The molecule has 0 amide bonds. The predicted octanol–water partition coefficient (Wildman–Crippen LogP) is 1.34. The van der Waals surface area contributed by atoms with Gasteiger partial charge >= 0.3 is 0 Å². The Labute approximate surface area is 86.9 Å². The molecule has 0 saturated carbocycles. The van der Waals surface area contributed by atoms with Crippen LogP contribution >= 0.6 is 11.6 Å². The summed E-state index contributed by atoms with van der Waals surface area (Å²) in [6.45, 7) is 0.438. The average molecular weight is 212 g/mol. The van der Waals surface area contributed by atoms with Gasteiger partial charge in [-0.05, 0) is 18.2 Å². The lowest BCUT2D eigenvalue weighted by Gasteiger charge is -2.21. The van der Waals surface area contributed by atoms with Gasteiger partial charge in [-0.1, -0.05) is 16.8 Å². The number of hydrazine groups is 1. The van der Waals surface area contributed by atoms with Crippen molar-refractivity contribution in [3.8, 4) is 0 Å². The van der Waals surface area contributed by atoms with Gasteiger partial charge in [-0.2, -0.15) is 0 Å². The number of halogens is 1. The Hall–Kier alpha value is -1.26. The first-order valence-corrected chi connectivity index (χ1v) is 4.53. The Morgan fingerprint density at radius 2 is 2.36 bits per heavy atom. The number of fused-ring (bicyclic) bond motifs is 1. The minimum Gasteiger partial charge on any atom is -0.389 e. The largest absolute Gasteiger partial charge is 0.389 e. The van der Waals surface area contributed by atoms with Crippen LogP contribution in [0.25, 0.3) is 0 Å². The van der Waals surface area contributed by atoms with Gasteiger partial charge in [0, 0.05) is 23.2 Å². The second-order valence-corrected chi connectivity index (χ2v) is 3.54. The van der Waals surface area contributed by atoms with E-state index in [2.05, 4.69) is 5.16 Å². The summed E-state index contributed by atoms with van der Waals surface area (Å²) in [5.74, 6) is 6.22. The molecule has 1 heterocycles. The normalized spacial score (nSPS) is 14.1. The highest BCUT2D eigenvalue weighted by Gasteiger charge is 2.17. The van der Waals surface area contributed by atoms with Crippen LogP contribution in [0.1, 0.15) is 11.1 Å². The van der Waals surface area contributed by atoms with E-state index >= 15 is 0 Å². The van der Waals surface area contributed by atoms with E-state index in [1.54, 1.807) is 7.05 Å². The smallest absolute Gasteiger partial charge is 0.189 e. The minimum atomic E-state index is 0.438. The van der Waals surface area contributed by atoms with Gasteiger partial charge in [-0.3, -0.25) is 5.01 Å². The first-order chi connectivity index (χ1) is 6.68. The van der Waals surface area contributed by atoms with E-state index in [9.17, 15) is 0 Å². The van der Waals surface area contributed by atoms with Gasteiger partial charge in [-0.15, -0.1) is 0 Å². The molecule has 1 aromatic carbocycles. The molecule has 4 nitrogen and oxygen atoms in total. The van der Waals surface area contributed by atoms with Crippen molar-refractivity contribution in [1.29, 1.82) is 0 Å². The SMILES string of the molecule is CN(N)C1=NOCc2cc(Cl)ccc21. The zero-order chi connectivity index (χ0) is 10.1. The van der Waals surface area contributed by atoms with Gasteiger partial charge < -0.3 is 4.84 Å². The van der Waals surface area contributed by atoms with Crippen LogP contribution in [0.5, 0.6) is 0 Å². The lowest BCUT2D eigenvalue weighted by molar-refractivity contribution is 0.121. The lowest BCUT2D eigenvalue weighted by Crippen LogP contribution is -2.36. The van der Waals surface area contributed by atoms with Crippen LogP contribution in [0.2, 0.25) is 5.02 Å². The Bertz CT molecular complexity index is 390. The van der Waals surface area contributed by atoms with Crippen molar-refractivity contribution >= 4 is 17.4 Å². The van der Waals surface area contributed by atoms with Crippen LogP contribution in [0.15, 0.2) is 23.4 Å². The zero-order valence-corrected chi connectivity index (χ0v) is 8.45. The number of nitrogens with zero attached hydrogens (tertiary/aromatic N) is 2. The van der Waals surface area contributed by atoms with Gasteiger partial charge in [0.15, 0.2) is 5.84 Å². The van der Waals surface area contributed by atoms with Gasteiger partial charge in [0.2, 0.25) is 0 Å². The molecule has 2 N–H and O–H groups in total. The molecule has 0 aliphatic carbocycles. The van der Waals surface area contributed by atoms with Crippen LogP contribution in [-0.4, -0.2) is 17.9 Å².